The maximum absolute atomic E-state index is 12.1. The molecule has 0 saturated heterocycles. The molecule has 1 N–H and O–H groups in total. The molecule has 0 aliphatic rings. The van der Waals surface area contributed by atoms with E-state index in [9.17, 15) is 4.79 Å². The summed E-state index contributed by atoms with van der Waals surface area (Å²) in [5.41, 5.74) is 1.43. The Morgan fingerprint density at radius 1 is 1.16 bits per heavy atom. The SMILES string of the molecule is CC(C)C(NC(=O)c1cnccn1)c1ccccc1. The van der Waals surface area contributed by atoms with Gasteiger partial charge in [-0.15, -0.1) is 0 Å². The normalized spacial score (nSPS) is 12.2. The van der Waals surface area contributed by atoms with Crippen LogP contribution in [-0.4, -0.2) is 15.9 Å². The Bertz CT molecular complexity index is 526. The van der Waals surface area contributed by atoms with Crippen LogP contribution in [-0.2, 0) is 0 Å². The zero-order valence-corrected chi connectivity index (χ0v) is 11.1. The third-order valence-electron chi connectivity index (χ3n) is 2.91. The Balaban J connectivity index is 2.17. The number of nitrogens with one attached hydrogen (secondary N) is 1. The molecule has 19 heavy (non-hydrogen) atoms. The summed E-state index contributed by atoms with van der Waals surface area (Å²) in [4.78, 5) is 20.0. The van der Waals surface area contributed by atoms with Crippen molar-refractivity contribution in [2.24, 2.45) is 5.92 Å². The Morgan fingerprint density at radius 2 is 1.89 bits per heavy atom. The van der Waals surface area contributed by atoms with Crippen LogP contribution >= 0.6 is 0 Å². The summed E-state index contributed by atoms with van der Waals surface area (Å²) >= 11 is 0. The number of amides is 1. The molecule has 0 bridgehead atoms. The van der Waals surface area contributed by atoms with E-state index in [1.54, 1.807) is 6.20 Å². The van der Waals surface area contributed by atoms with E-state index in [-0.39, 0.29) is 11.9 Å². The molecule has 0 saturated carbocycles. The van der Waals surface area contributed by atoms with Crippen LogP contribution in [0.3, 0.4) is 0 Å². The molecule has 4 heteroatoms. The van der Waals surface area contributed by atoms with Gasteiger partial charge in [0.1, 0.15) is 5.69 Å². The van der Waals surface area contributed by atoms with Crippen molar-refractivity contribution in [3.05, 3.63) is 60.2 Å². The predicted octanol–water partition coefficient (Wildman–Crippen LogP) is 2.60. The highest BCUT2D eigenvalue weighted by Crippen LogP contribution is 2.21. The third kappa shape index (κ3) is 3.37. The summed E-state index contributed by atoms with van der Waals surface area (Å²) in [5, 5.41) is 3.01. The average Bonchev–Trinajstić information content (AvgIpc) is 2.46. The average molecular weight is 255 g/mol. The van der Waals surface area contributed by atoms with E-state index in [2.05, 4.69) is 29.1 Å². The van der Waals surface area contributed by atoms with E-state index < -0.39 is 0 Å². The van der Waals surface area contributed by atoms with Gasteiger partial charge in [0.15, 0.2) is 0 Å². The fourth-order valence-electron chi connectivity index (χ4n) is 1.93. The lowest BCUT2D eigenvalue weighted by molar-refractivity contribution is 0.0920. The Morgan fingerprint density at radius 3 is 2.47 bits per heavy atom. The Kier molecular flexibility index (Phi) is 4.23. The van der Waals surface area contributed by atoms with Crippen molar-refractivity contribution in [3.63, 3.8) is 0 Å². The van der Waals surface area contributed by atoms with Crippen molar-refractivity contribution in [1.29, 1.82) is 0 Å². The van der Waals surface area contributed by atoms with Gasteiger partial charge < -0.3 is 5.32 Å². The van der Waals surface area contributed by atoms with Crippen molar-refractivity contribution < 1.29 is 4.79 Å². The van der Waals surface area contributed by atoms with E-state index in [1.165, 1.54) is 12.4 Å². The summed E-state index contributed by atoms with van der Waals surface area (Å²) in [6.45, 7) is 4.16. The van der Waals surface area contributed by atoms with Crippen molar-refractivity contribution >= 4 is 5.91 Å². The number of hydrogen-bond acceptors (Lipinski definition) is 3. The lowest BCUT2D eigenvalue weighted by atomic mass is 9.96. The highest BCUT2D eigenvalue weighted by atomic mass is 16.1. The molecule has 2 rings (SSSR count). The number of rotatable bonds is 4. The summed E-state index contributed by atoms with van der Waals surface area (Å²) in [7, 11) is 0. The molecule has 0 aliphatic carbocycles. The monoisotopic (exact) mass is 255 g/mol. The smallest absolute Gasteiger partial charge is 0.271 e. The van der Waals surface area contributed by atoms with Gasteiger partial charge in [-0.1, -0.05) is 44.2 Å². The van der Waals surface area contributed by atoms with E-state index in [0.29, 0.717) is 11.6 Å². The minimum absolute atomic E-state index is 0.0318. The fourth-order valence-corrected chi connectivity index (χ4v) is 1.93. The molecule has 98 valence electrons. The third-order valence-corrected chi connectivity index (χ3v) is 2.91. The van der Waals surface area contributed by atoms with Crippen LogP contribution in [0.15, 0.2) is 48.9 Å². The summed E-state index contributed by atoms with van der Waals surface area (Å²) in [5.74, 6) is 0.0960. The quantitative estimate of drug-likeness (QED) is 0.913. The maximum atomic E-state index is 12.1. The zero-order chi connectivity index (χ0) is 13.7. The molecule has 2 aromatic rings. The van der Waals surface area contributed by atoms with E-state index >= 15 is 0 Å². The first-order valence-electron chi connectivity index (χ1n) is 6.30. The molecule has 0 radical (unpaired) electrons. The van der Waals surface area contributed by atoms with Crippen LogP contribution in [0.4, 0.5) is 0 Å². The Hall–Kier alpha value is -2.23. The molecule has 4 nitrogen and oxygen atoms in total. The van der Waals surface area contributed by atoms with Crippen LogP contribution in [0.1, 0.15) is 35.9 Å². The van der Waals surface area contributed by atoms with E-state index in [4.69, 9.17) is 0 Å². The molecule has 1 atom stereocenters. The summed E-state index contributed by atoms with van der Waals surface area (Å²) < 4.78 is 0. The predicted molar refractivity (Wildman–Crippen MR) is 73.5 cm³/mol. The van der Waals surface area contributed by atoms with Crippen LogP contribution in [0.25, 0.3) is 0 Å². The first-order chi connectivity index (χ1) is 9.18. The molecule has 1 unspecified atom stereocenters. The van der Waals surface area contributed by atoms with Crippen LogP contribution < -0.4 is 5.32 Å². The van der Waals surface area contributed by atoms with Gasteiger partial charge in [-0.25, -0.2) is 4.98 Å². The number of aromatic nitrogens is 2. The van der Waals surface area contributed by atoms with Gasteiger partial charge in [-0.2, -0.15) is 0 Å². The molecular formula is C15H17N3O. The number of carbonyl (C=O) groups is 1. The fraction of sp³-hybridized carbons (Fsp3) is 0.267. The van der Waals surface area contributed by atoms with Gasteiger partial charge in [0, 0.05) is 12.4 Å². The first-order valence-corrected chi connectivity index (χ1v) is 6.30. The van der Waals surface area contributed by atoms with Crippen LogP contribution in [0.2, 0.25) is 0 Å². The second-order valence-electron chi connectivity index (χ2n) is 4.70. The Labute approximate surface area is 112 Å². The molecule has 0 spiro atoms. The second kappa shape index (κ2) is 6.09. The van der Waals surface area contributed by atoms with Crippen LogP contribution in [0.5, 0.6) is 0 Å². The van der Waals surface area contributed by atoms with Crippen molar-refractivity contribution in [3.8, 4) is 0 Å². The van der Waals surface area contributed by atoms with Gasteiger partial charge in [0.25, 0.3) is 5.91 Å². The van der Waals surface area contributed by atoms with Gasteiger partial charge in [0.05, 0.1) is 12.2 Å². The summed E-state index contributed by atoms with van der Waals surface area (Å²) in [6, 6.07) is 9.91. The highest BCUT2D eigenvalue weighted by Gasteiger charge is 2.19. The van der Waals surface area contributed by atoms with Gasteiger partial charge in [-0.3, -0.25) is 9.78 Å². The lowest BCUT2D eigenvalue weighted by Gasteiger charge is -2.22. The standard InChI is InChI=1S/C15H17N3O/c1-11(2)14(12-6-4-3-5-7-12)18-15(19)13-10-16-8-9-17-13/h3-11,14H,1-2H3,(H,18,19). The van der Waals surface area contributed by atoms with Gasteiger partial charge in [0.2, 0.25) is 0 Å². The largest absolute Gasteiger partial charge is 0.344 e. The molecule has 0 fully saturated rings. The topological polar surface area (TPSA) is 54.9 Å². The first kappa shape index (κ1) is 13.2. The molecule has 1 aromatic carbocycles. The number of benzene rings is 1. The minimum Gasteiger partial charge on any atom is -0.344 e. The van der Waals surface area contributed by atoms with Gasteiger partial charge >= 0.3 is 0 Å². The maximum Gasteiger partial charge on any atom is 0.271 e. The zero-order valence-electron chi connectivity index (χ0n) is 11.1. The molecule has 0 aliphatic heterocycles. The molecule has 1 aromatic heterocycles. The molecular weight excluding hydrogens is 238 g/mol. The second-order valence-corrected chi connectivity index (χ2v) is 4.70. The minimum atomic E-state index is -0.198. The van der Waals surface area contributed by atoms with Crippen molar-refractivity contribution in [1.82, 2.24) is 15.3 Å². The number of carbonyl (C=O) groups excluding carboxylic acids is 1. The van der Waals surface area contributed by atoms with Crippen LogP contribution in [0, 0.1) is 5.92 Å². The van der Waals surface area contributed by atoms with Crippen molar-refractivity contribution in [2.75, 3.05) is 0 Å². The van der Waals surface area contributed by atoms with Gasteiger partial charge in [-0.05, 0) is 11.5 Å². The highest BCUT2D eigenvalue weighted by molar-refractivity contribution is 5.92. The van der Waals surface area contributed by atoms with E-state index in [1.807, 2.05) is 30.3 Å². The lowest BCUT2D eigenvalue weighted by Crippen LogP contribution is -2.32. The molecule has 1 heterocycles. The van der Waals surface area contributed by atoms with Crippen molar-refractivity contribution in [2.45, 2.75) is 19.9 Å². The number of hydrogen-bond donors (Lipinski definition) is 1. The molecule has 1 amide bonds. The summed E-state index contributed by atoms with van der Waals surface area (Å²) in [6.07, 6.45) is 4.54. The number of nitrogens with zero attached hydrogens (tertiary/aromatic N) is 2. The van der Waals surface area contributed by atoms with E-state index in [0.717, 1.165) is 5.56 Å².